The van der Waals surface area contributed by atoms with Crippen molar-refractivity contribution in [3.05, 3.63) is 80.6 Å². The summed E-state index contributed by atoms with van der Waals surface area (Å²) in [6.45, 7) is 3.96. The van der Waals surface area contributed by atoms with Crippen LogP contribution in [0.1, 0.15) is 21.7 Å². The van der Waals surface area contributed by atoms with Crippen LogP contribution in [0.4, 0.5) is 11.4 Å². The standard InChI is InChI=1S/C19H15ClN2O4/c1-11-3-4-13(9-12(11)2)21-19(23)18-8-7-17(26-18)15-6-5-14(22(24)25)10-16(15)20/h3-10H,1-2H3,(H,21,23). The van der Waals surface area contributed by atoms with Gasteiger partial charge >= 0.3 is 0 Å². The van der Waals surface area contributed by atoms with Crippen molar-refractivity contribution < 1.29 is 14.1 Å². The molecule has 26 heavy (non-hydrogen) atoms. The normalized spacial score (nSPS) is 10.6. The van der Waals surface area contributed by atoms with Gasteiger partial charge in [0.2, 0.25) is 0 Å². The number of rotatable bonds is 4. The van der Waals surface area contributed by atoms with Gasteiger partial charge in [-0.1, -0.05) is 17.7 Å². The largest absolute Gasteiger partial charge is 0.451 e. The molecule has 1 aromatic heterocycles. The summed E-state index contributed by atoms with van der Waals surface area (Å²) < 4.78 is 5.57. The van der Waals surface area contributed by atoms with Crippen molar-refractivity contribution in [2.45, 2.75) is 13.8 Å². The van der Waals surface area contributed by atoms with Crippen molar-refractivity contribution in [3.63, 3.8) is 0 Å². The number of benzene rings is 2. The first-order valence-electron chi connectivity index (χ1n) is 7.78. The van der Waals surface area contributed by atoms with Gasteiger partial charge in [-0.15, -0.1) is 0 Å². The average molecular weight is 371 g/mol. The van der Waals surface area contributed by atoms with Gasteiger partial charge in [-0.2, -0.15) is 0 Å². The van der Waals surface area contributed by atoms with Gasteiger partial charge in [-0.25, -0.2) is 0 Å². The summed E-state index contributed by atoms with van der Waals surface area (Å²) >= 11 is 6.09. The van der Waals surface area contributed by atoms with Crippen LogP contribution in [0.3, 0.4) is 0 Å². The summed E-state index contributed by atoms with van der Waals surface area (Å²) in [4.78, 5) is 22.6. The molecule has 0 bridgehead atoms. The minimum Gasteiger partial charge on any atom is -0.451 e. The number of nitrogens with zero attached hydrogens (tertiary/aromatic N) is 1. The minimum atomic E-state index is -0.528. The van der Waals surface area contributed by atoms with E-state index in [1.807, 2.05) is 32.0 Å². The zero-order chi connectivity index (χ0) is 18.8. The van der Waals surface area contributed by atoms with Gasteiger partial charge < -0.3 is 9.73 Å². The van der Waals surface area contributed by atoms with Crippen LogP contribution in [0.15, 0.2) is 52.9 Å². The maximum Gasteiger partial charge on any atom is 0.291 e. The van der Waals surface area contributed by atoms with E-state index in [9.17, 15) is 14.9 Å². The molecule has 6 nitrogen and oxygen atoms in total. The first-order chi connectivity index (χ1) is 12.3. The van der Waals surface area contributed by atoms with Gasteiger partial charge in [-0.05, 0) is 55.3 Å². The zero-order valence-corrected chi connectivity index (χ0v) is 14.8. The van der Waals surface area contributed by atoms with Crippen molar-refractivity contribution >= 4 is 28.9 Å². The summed E-state index contributed by atoms with van der Waals surface area (Å²) in [5.74, 6) is 0.0836. The van der Waals surface area contributed by atoms with E-state index in [0.717, 1.165) is 11.1 Å². The SMILES string of the molecule is Cc1ccc(NC(=O)c2ccc(-c3ccc([N+](=O)[O-])cc3Cl)o2)cc1C. The molecule has 0 spiro atoms. The Bertz CT molecular complexity index is 1010. The van der Waals surface area contributed by atoms with E-state index < -0.39 is 10.8 Å². The highest BCUT2D eigenvalue weighted by Gasteiger charge is 2.16. The Morgan fingerprint density at radius 3 is 2.50 bits per heavy atom. The van der Waals surface area contributed by atoms with Crippen LogP contribution >= 0.6 is 11.6 Å². The third-order valence-corrected chi connectivity index (χ3v) is 4.34. The van der Waals surface area contributed by atoms with E-state index in [-0.39, 0.29) is 16.5 Å². The highest BCUT2D eigenvalue weighted by Crippen LogP contribution is 2.32. The molecule has 2 aromatic carbocycles. The predicted octanol–water partition coefficient (Wildman–Crippen LogP) is 5.38. The maximum absolute atomic E-state index is 12.4. The van der Waals surface area contributed by atoms with Crippen LogP contribution in [0, 0.1) is 24.0 Å². The summed E-state index contributed by atoms with van der Waals surface area (Å²) in [6, 6.07) is 12.8. The molecule has 1 amide bonds. The fourth-order valence-electron chi connectivity index (χ4n) is 2.43. The monoisotopic (exact) mass is 370 g/mol. The third kappa shape index (κ3) is 3.60. The third-order valence-electron chi connectivity index (χ3n) is 4.02. The Morgan fingerprint density at radius 1 is 1.08 bits per heavy atom. The first-order valence-corrected chi connectivity index (χ1v) is 8.15. The molecule has 1 heterocycles. The number of amides is 1. The fourth-order valence-corrected chi connectivity index (χ4v) is 2.70. The smallest absolute Gasteiger partial charge is 0.291 e. The number of anilines is 1. The van der Waals surface area contributed by atoms with Gasteiger partial charge in [-0.3, -0.25) is 14.9 Å². The predicted molar refractivity (Wildman–Crippen MR) is 99.7 cm³/mol. The Labute approximate surface area is 154 Å². The molecule has 0 unspecified atom stereocenters. The molecule has 3 rings (SSSR count). The van der Waals surface area contributed by atoms with E-state index in [1.165, 1.54) is 24.3 Å². The Kier molecular flexibility index (Phi) is 4.77. The highest BCUT2D eigenvalue weighted by molar-refractivity contribution is 6.33. The lowest BCUT2D eigenvalue weighted by molar-refractivity contribution is -0.384. The van der Waals surface area contributed by atoms with Crippen molar-refractivity contribution in [1.82, 2.24) is 0 Å². The van der Waals surface area contributed by atoms with Crippen LogP contribution in [0.25, 0.3) is 11.3 Å². The molecule has 0 saturated carbocycles. The number of non-ortho nitro benzene ring substituents is 1. The topological polar surface area (TPSA) is 85.4 Å². The Hall–Kier alpha value is -3.12. The van der Waals surface area contributed by atoms with Gasteiger partial charge in [0.25, 0.3) is 11.6 Å². The molecule has 0 saturated heterocycles. The fraction of sp³-hybridized carbons (Fsp3) is 0.105. The van der Waals surface area contributed by atoms with Crippen LogP contribution in [-0.2, 0) is 0 Å². The molecule has 0 aliphatic rings. The number of nitro groups is 1. The number of carbonyl (C=O) groups is 1. The second-order valence-corrected chi connectivity index (χ2v) is 6.25. The molecular weight excluding hydrogens is 356 g/mol. The molecule has 0 aliphatic carbocycles. The molecule has 0 aliphatic heterocycles. The van der Waals surface area contributed by atoms with Crippen molar-refractivity contribution in [1.29, 1.82) is 0 Å². The van der Waals surface area contributed by atoms with Crippen molar-refractivity contribution in [2.24, 2.45) is 0 Å². The van der Waals surface area contributed by atoms with Crippen LogP contribution in [0.2, 0.25) is 5.02 Å². The number of halogens is 1. The van der Waals surface area contributed by atoms with E-state index in [2.05, 4.69) is 5.32 Å². The van der Waals surface area contributed by atoms with E-state index in [1.54, 1.807) is 6.07 Å². The van der Waals surface area contributed by atoms with E-state index in [0.29, 0.717) is 17.0 Å². The zero-order valence-electron chi connectivity index (χ0n) is 14.1. The minimum absolute atomic E-state index is 0.113. The average Bonchev–Trinajstić information content (AvgIpc) is 3.08. The molecule has 0 radical (unpaired) electrons. The summed E-state index contributed by atoms with van der Waals surface area (Å²) in [5.41, 5.74) is 3.24. The second-order valence-electron chi connectivity index (χ2n) is 5.84. The number of carbonyl (C=O) groups excluding carboxylic acids is 1. The number of aryl methyl sites for hydroxylation is 2. The van der Waals surface area contributed by atoms with E-state index >= 15 is 0 Å². The van der Waals surface area contributed by atoms with Gasteiger partial charge in [0.15, 0.2) is 5.76 Å². The molecule has 0 fully saturated rings. The van der Waals surface area contributed by atoms with Gasteiger partial charge in [0.05, 0.1) is 9.95 Å². The van der Waals surface area contributed by atoms with Crippen LogP contribution < -0.4 is 5.32 Å². The molecule has 1 N–H and O–H groups in total. The molecule has 132 valence electrons. The van der Waals surface area contributed by atoms with Crippen LogP contribution in [0.5, 0.6) is 0 Å². The Morgan fingerprint density at radius 2 is 1.85 bits per heavy atom. The molecule has 3 aromatic rings. The summed E-state index contributed by atoms with van der Waals surface area (Å²) in [7, 11) is 0. The van der Waals surface area contributed by atoms with Gasteiger partial charge in [0, 0.05) is 23.4 Å². The Balaban J connectivity index is 1.82. The lowest BCUT2D eigenvalue weighted by Crippen LogP contribution is -2.10. The summed E-state index contributed by atoms with van der Waals surface area (Å²) in [5, 5.41) is 13.7. The first kappa shape index (κ1) is 17.7. The summed E-state index contributed by atoms with van der Waals surface area (Å²) in [6.07, 6.45) is 0. The number of hydrogen-bond donors (Lipinski definition) is 1. The number of hydrogen-bond acceptors (Lipinski definition) is 4. The number of furan rings is 1. The maximum atomic E-state index is 12.4. The second kappa shape index (κ2) is 7.01. The van der Waals surface area contributed by atoms with Gasteiger partial charge in [0.1, 0.15) is 5.76 Å². The lowest BCUT2D eigenvalue weighted by atomic mass is 10.1. The molecule has 0 atom stereocenters. The number of nitrogens with one attached hydrogen (secondary N) is 1. The molecular formula is C19H15ClN2O4. The lowest BCUT2D eigenvalue weighted by Gasteiger charge is -2.06. The van der Waals surface area contributed by atoms with Crippen molar-refractivity contribution in [2.75, 3.05) is 5.32 Å². The highest BCUT2D eigenvalue weighted by atomic mass is 35.5. The van der Waals surface area contributed by atoms with E-state index in [4.69, 9.17) is 16.0 Å². The quantitative estimate of drug-likeness (QED) is 0.493. The van der Waals surface area contributed by atoms with Crippen LogP contribution in [-0.4, -0.2) is 10.8 Å². The number of nitro benzene ring substituents is 1. The van der Waals surface area contributed by atoms with Crippen molar-refractivity contribution in [3.8, 4) is 11.3 Å². The molecule has 7 heteroatoms.